The predicted molar refractivity (Wildman–Crippen MR) is 88.5 cm³/mol. The van der Waals surface area contributed by atoms with Crippen molar-refractivity contribution >= 4 is 11.8 Å². The van der Waals surface area contributed by atoms with Crippen LogP contribution in [0.1, 0.15) is 38.8 Å². The Hall–Kier alpha value is -2.15. The summed E-state index contributed by atoms with van der Waals surface area (Å²) < 4.78 is 5.21. The minimum Gasteiger partial charge on any atom is -0.444 e. The molecule has 0 bridgehead atoms. The van der Waals surface area contributed by atoms with Crippen LogP contribution in [0.15, 0.2) is 18.2 Å². The van der Waals surface area contributed by atoms with E-state index < -0.39 is 22.0 Å². The summed E-state index contributed by atoms with van der Waals surface area (Å²) in [6, 6.07) is 4.88. The molecule has 1 aromatic carbocycles. The van der Waals surface area contributed by atoms with Crippen LogP contribution in [0.4, 0.5) is 10.5 Å². The number of hydrogen-bond acceptors (Lipinski definition) is 5. The second-order valence-corrected chi connectivity index (χ2v) is 6.88. The molecule has 1 unspecified atom stereocenters. The SMILES string of the molecule is Cc1cc(C(C)(CN)CNC(=O)OC(C)(C)C)ccc1[N+](=O)[O-]. The molecule has 0 saturated heterocycles. The molecule has 1 atom stereocenters. The summed E-state index contributed by atoms with van der Waals surface area (Å²) in [5, 5.41) is 13.6. The summed E-state index contributed by atoms with van der Waals surface area (Å²) in [5.74, 6) is 0. The third-order valence-electron chi connectivity index (χ3n) is 3.56. The van der Waals surface area contributed by atoms with Crippen molar-refractivity contribution in [1.29, 1.82) is 0 Å². The van der Waals surface area contributed by atoms with Crippen molar-refractivity contribution < 1.29 is 14.5 Å². The first-order valence-corrected chi connectivity index (χ1v) is 7.41. The van der Waals surface area contributed by atoms with Gasteiger partial charge < -0.3 is 15.8 Å². The number of carbonyl (C=O) groups is 1. The Morgan fingerprint density at radius 2 is 1.96 bits per heavy atom. The Morgan fingerprint density at radius 1 is 1.35 bits per heavy atom. The quantitative estimate of drug-likeness (QED) is 0.640. The maximum atomic E-state index is 11.8. The van der Waals surface area contributed by atoms with Crippen molar-refractivity contribution in [3.63, 3.8) is 0 Å². The summed E-state index contributed by atoms with van der Waals surface area (Å²) >= 11 is 0. The molecule has 0 aromatic heterocycles. The average Bonchev–Trinajstić information content (AvgIpc) is 2.42. The van der Waals surface area contributed by atoms with Crippen LogP contribution in [0.3, 0.4) is 0 Å². The van der Waals surface area contributed by atoms with E-state index in [1.165, 1.54) is 6.07 Å². The largest absolute Gasteiger partial charge is 0.444 e. The van der Waals surface area contributed by atoms with Crippen molar-refractivity contribution in [3.8, 4) is 0 Å². The molecule has 0 aliphatic heterocycles. The predicted octanol–water partition coefficient (Wildman–Crippen LogP) is 2.64. The number of aryl methyl sites for hydroxylation is 1. The maximum absolute atomic E-state index is 11.8. The fourth-order valence-electron chi connectivity index (χ4n) is 2.11. The molecule has 7 heteroatoms. The molecule has 0 saturated carbocycles. The van der Waals surface area contributed by atoms with Gasteiger partial charge in [-0.1, -0.05) is 13.0 Å². The van der Waals surface area contributed by atoms with Gasteiger partial charge in [0.25, 0.3) is 5.69 Å². The molecule has 3 N–H and O–H groups in total. The highest BCUT2D eigenvalue weighted by Gasteiger charge is 2.28. The number of alkyl carbamates (subject to hydrolysis) is 1. The van der Waals surface area contributed by atoms with Crippen LogP contribution < -0.4 is 11.1 Å². The standard InChI is InChI=1S/C16H25N3O4/c1-11-8-12(6-7-13(11)19(21)22)16(5,9-17)10-18-14(20)23-15(2,3)4/h6-8H,9-10,17H2,1-5H3,(H,18,20). The highest BCUT2D eigenvalue weighted by atomic mass is 16.6. The molecule has 1 rings (SSSR count). The fourth-order valence-corrected chi connectivity index (χ4v) is 2.11. The van der Waals surface area contributed by atoms with Crippen molar-refractivity contribution in [2.75, 3.05) is 13.1 Å². The number of hydrogen-bond donors (Lipinski definition) is 2. The topological polar surface area (TPSA) is 107 Å². The lowest BCUT2D eigenvalue weighted by molar-refractivity contribution is -0.385. The lowest BCUT2D eigenvalue weighted by Gasteiger charge is -2.30. The van der Waals surface area contributed by atoms with Gasteiger partial charge in [0, 0.05) is 30.1 Å². The Bertz CT molecular complexity index is 595. The Labute approximate surface area is 136 Å². The van der Waals surface area contributed by atoms with Crippen LogP contribution in [0.25, 0.3) is 0 Å². The first-order chi connectivity index (χ1) is 10.5. The third kappa shape index (κ3) is 5.21. The van der Waals surface area contributed by atoms with Gasteiger partial charge in [-0.3, -0.25) is 10.1 Å². The van der Waals surface area contributed by atoms with Crippen LogP contribution in [0.2, 0.25) is 0 Å². The number of rotatable bonds is 5. The zero-order valence-electron chi connectivity index (χ0n) is 14.3. The molecule has 0 radical (unpaired) electrons. The summed E-state index contributed by atoms with van der Waals surface area (Å²) in [6.45, 7) is 9.48. The average molecular weight is 323 g/mol. The zero-order chi connectivity index (χ0) is 17.8. The van der Waals surface area contributed by atoms with Gasteiger partial charge in [-0.15, -0.1) is 0 Å². The third-order valence-corrected chi connectivity index (χ3v) is 3.56. The minimum atomic E-state index is -0.576. The van der Waals surface area contributed by atoms with E-state index in [2.05, 4.69) is 5.32 Å². The van der Waals surface area contributed by atoms with Crippen molar-refractivity contribution in [2.24, 2.45) is 5.73 Å². The normalized spacial score (nSPS) is 14.0. The number of nitro groups is 1. The number of ether oxygens (including phenoxy) is 1. The van der Waals surface area contributed by atoms with Gasteiger partial charge in [-0.25, -0.2) is 4.79 Å². The van der Waals surface area contributed by atoms with Crippen molar-refractivity contribution in [2.45, 2.75) is 45.6 Å². The highest BCUT2D eigenvalue weighted by molar-refractivity contribution is 5.67. The van der Waals surface area contributed by atoms with E-state index in [9.17, 15) is 14.9 Å². The van der Waals surface area contributed by atoms with Crippen molar-refractivity contribution in [3.05, 3.63) is 39.4 Å². The van der Waals surface area contributed by atoms with Crippen LogP contribution >= 0.6 is 0 Å². The Morgan fingerprint density at radius 3 is 2.39 bits per heavy atom. The molecule has 128 valence electrons. The lowest BCUT2D eigenvalue weighted by Crippen LogP contribution is -2.45. The molecular weight excluding hydrogens is 298 g/mol. The van der Waals surface area contributed by atoms with E-state index in [-0.39, 0.29) is 18.8 Å². The van der Waals surface area contributed by atoms with E-state index in [1.54, 1.807) is 39.8 Å². The molecule has 23 heavy (non-hydrogen) atoms. The molecule has 0 spiro atoms. The Balaban J connectivity index is 2.91. The molecular formula is C16H25N3O4. The highest BCUT2D eigenvalue weighted by Crippen LogP contribution is 2.27. The van der Waals surface area contributed by atoms with Crippen LogP contribution in [0, 0.1) is 17.0 Å². The number of nitrogens with one attached hydrogen (secondary N) is 1. The van der Waals surface area contributed by atoms with E-state index in [1.807, 2.05) is 6.92 Å². The fraction of sp³-hybridized carbons (Fsp3) is 0.562. The number of amides is 1. The maximum Gasteiger partial charge on any atom is 0.407 e. The minimum absolute atomic E-state index is 0.0632. The Kier molecular flexibility index (Phi) is 5.71. The van der Waals surface area contributed by atoms with Gasteiger partial charge in [0.2, 0.25) is 0 Å². The van der Waals surface area contributed by atoms with Crippen LogP contribution in [0.5, 0.6) is 0 Å². The van der Waals surface area contributed by atoms with Crippen LogP contribution in [-0.2, 0) is 10.2 Å². The lowest BCUT2D eigenvalue weighted by atomic mass is 9.81. The summed E-state index contributed by atoms with van der Waals surface area (Å²) in [4.78, 5) is 22.3. The first kappa shape index (κ1) is 18.9. The zero-order valence-corrected chi connectivity index (χ0v) is 14.3. The van der Waals surface area contributed by atoms with Gasteiger partial charge >= 0.3 is 6.09 Å². The van der Waals surface area contributed by atoms with E-state index in [0.717, 1.165) is 5.56 Å². The number of nitrogens with zero attached hydrogens (tertiary/aromatic N) is 1. The summed E-state index contributed by atoms with van der Waals surface area (Å²) in [7, 11) is 0. The molecule has 1 aromatic rings. The van der Waals surface area contributed by atoms with Crippen LogP contribution in [-0.4, -0.2) is 29.7 Å². The number of carbonyl (C=O) groups excluding carboxylic acids is 1. The molecule has 0 heterocycles. The number of benzene rings is 1. The number of nitrogens with two attached hydrogens (primary N) is 1. The van der Waals surface area contributed by atoms with Crippen molar-refractivity contribution in [1.82, 2.24) is 5.32 Å². The summed E-state index contributed by atoms with van der Waals surface area (Å²) in [5.41, 5.74) is 6.21. The second kappa shape index (κ2) is 6.95. The van der Waals surface area contributed by atoms with E-state index in [0.29, 0.717) is 5.56 Å². The summed E-state index contributed by atoms with van der Waals surface area (Å²) in [6.07, 6.45) is -0.518. The molecule has 0 aliphatic rings. The van der Waals surface area contributed by atoms with E-state index >= 15 is 0 Å². The van der Waals surface area contributed by atoms with Gasteiger partial charge in [0.05, 0.1) is 4.92 Å². The van der Waals surface area contributed by atoms with Gasteiger partial charge in [0.15, 0.2) is 0 Å². The molecule has 0 fully saturated rings. The van der Waals surface area contributed by atoms with Gasteiger partial charge in [-0.2, -0.15) is 0 Å². The molecule has 1 amide bonds. The smallest absolute Gasteiger partial charge is 0.407 e. The molecule has 0 aliphatic carbocycles. The van der Waals surface area contributed by atoms with Gasteiger partial charge in [0.1, 0.15) is 5.60 Å². The van der Waals surface area contributed by atoms with E-state index in [4.69, 9.17) is 10.5 Å². The second-order valence-electron chi connectivity index (χ2n) is 6.88. The molecule has 7 nitrogen and oxygen atoms in total. The number of nitro benzene ring substituents is 1. The monoisotopic (exact) mass is 323 g/mol. The first-order valence-electron chi connectivity index (χ1n) is 7.41. The van der Waals surface area contributed by atoms with Gasteiger partial charge in [-0.05, 0) is 39.3 Å².